The Morgan fingerprint density at radius 2 is 0.518 bits per heavy atom. The lowest BCUT2D eigenvalue weighted by atomic mass is 10.0. The summed E-state index contributed by atoms with van der Waals surface area (Å²) in [6, 6.07) is 3.88. The number of ether oxygens (including phenoxy) is 4. The lowest BCUT2D eigenvalue weighted by Crippen LogP contribution is -2.52. The number of aliphatic hydroxyl groups excluding tert-OH is 2. The van der Waals surface area contributed by atoms with Gasteiger partial charge in [0.15, 0.2) is 66.5 Å². The van der Waals surface area contributed by atoms with Crippen LogP contribution in [0.15, 0.2) is 0 Å². The summed E-state index contributed by atoms with van der Waals surface area (Å²) in [5.41, 5.74) is 0. The molecular formula is C38H94O10Si8. The molecular weight excluding hydrogens is 841 g/mol. The molecule has 0 fully saturated rings. The van der Waals surface area contributed by atoms with E-state index in [0.717, 1.165) is 49.9 Å². The molecule has 0 bridgehead atoms. The molecule has 0 aromatic heterocycles. The van der Waals surface area contributed by atoms with Crippen LogP contribution in [0.3, 0.4) is 0 Å². The Morgan fingerprint density at radius 3 is 0.696 bits per heavy atom. The second kappa shape index (κ2) is 24.8. The topological polar surface area (TPSA) is 114 Å². The van der Waals surface area contributed by atoms with Crippen LogP contribution in [0.4, 0.5) is 0 Å². The molecule has 56 heavy (non-hydrogen) atoms. The van der Waals surface area contributed by atoms with Gasteiger partial charge in [-0.15, -0.1) is 0 Å². The van der Waals surface area contributed by atoms with Gasteiger partial charge in [0, 0.05) is 26.4 Å². The van der Waals surface area contributed by atoms with Crippen molar-refractivity contribution in [3.63, 3.8) is 0 Å². The van der Waals surface area contributed by atoms with Crippen LogP contribution >= 0.6 is 0 Å². The predicted octanol–water partition coefficient (Wildman–Crippen LogP) is 10.3. The zero-order valence-corrected chi connectivity index (χ0v) is 48.4. The summed E-state index contributed by atoms with van der Waals surface area (Å²) in [5, 5.41) is 21.8. The van der Waals surface area contributed by atoms with Crippen LogP contribution in [0.1, 0.15) is 25.7 Å². The molecule has 18 heteroatoms. The van der Waals surface area contributed by atoms with E-state index in [1.807, 2.05) is 0 Å². The Balaban J connectivity index is 6.38. The highest BCUT2D eigenvalue weighted by Crippen LogP contribution is 2.26. The van der Waals surface area contributed by atoms with E-state index in [0.29, 0.717) is 26.4 Å². The first-order valence-corrected chi connectivity index (χ1v) is 47.7. The largest absolute Gasteiger partial charge is 0.456 e. The van der Waals surface area contributed by atoms with E-state index in [2.05, 4.69) is 131 Å². The Hall–Kier alpha value is 1.34. The first-order valence-electron chi connectivity index (χ1n) is 21.6. The molecule has 0 rings (SSSR count). The third-order valence-electron chi connectivity index (χ3n) is 8.72. The lowest BCUT2D eigenvalue weighted by molar-refractivity contribution is -0.191. The normalized spacial score (nSPS) is 16.6. The van der Waals surface area contributed by atoms with E-state index in [-0.39, 0.29) is 13.2 Å². The van der Waals surface area contributed by atoms with Crippen LogP contribution in [0.2, 0.25) is 155 Å². The van der Waals surface area contributed by atoms with Crippen molar-refractivity contribution in [1.29, 1.82) is 0 Å². The van der Waals surface area contributed by atoms with Crippen LogP contribution < -0.4 is 0 Å². The maximum atomic E-state index is 10.9. The molecule has 0 aliphatic heterocycles. The SMILES string of the molecule is C[Si](C)(C)O[Si](C)(C)CCCO[C@H]([C@H](OCCC[Si](C)(C)O[Si](C)(C)C)[C@@H](CO)OCCC[Si](C)(C)O[Si](C)(C)C)[C@H](CO)OCCC[Si](C)(C)O[Si](C)(C)C. The van der Waals surface area contributed by atoms with Gasteiger partial charge in [-0.3, -0.25) is 0 Å². The van der Waals surface area contributed by atoms with E-state index >= 15 is 0 Å². The van der Waals surface area contributed by atoms with Crippen molar-refractivity contribution in [2.45, 2.75) is 205 Å². The first-order chi connectivity index (χ1) is 25.1. The molecule has 2 N–H and O–H groups in total. The minimum atomic E-state index is -1.89. The zero-order valence-electron chi connectivity index (χ0n) is 40.4. The fraction of sp³-hybridized carbons (Fsp3) is 1.00. The average molecular weight is 936 g/mol. The van der Waals surface area contributed by atoms with E-state index in [4.69, 9.17) is 35.4 Å². The molecule has 0 amide bonds. The van der Waals surface area contributed by atoms with Crippen molar-refractivity contribution in [1.82, 2.24) is 0 Å². The minimum Gasteiger partial charge on any atom is -0.456 e. The monoisotopic (exact) mass is 935 g/mol. The third kappa shape index (κ3) is 30.4. The van der Waals surface area contributed by atoms with Gasteiger partial charge in [0.2, 0.25) is 0 Å². The maximum Gasteiger partial charge on any atom is 0.173 e. The number of hydrogen-bond acceptors (Lipinski definition) is 10. The van der Waals surface area contributed by atoms with Crippen molar-refractivity contribution >= 4 is 66.5 Å². The molecule has 0 aromatic rings. The van der Waals surface area contributed by atoms with Crippen LogP contribution in [-0.2, 0) is 35.4 Å². The molecule has 0 aliphatic rings. The average Bonchev–Trinajstić information content (AvgIpc) is 2.93. The van der Waals surface area contributed by atoms with Gasteiger partial charge in [0.25, 0.3) is 0 Å². The molecule has 338 valence electrons. The number of aliphatic hydroxyl groups is 2. The molecule has 4 atom stereocenters. The Labute approximate surface area is 355 Å². The fourth-order valence-corrected chi connectivity index (χ4v) is 39.9. The van der Waals surface area contributed by atoms with E-state index in [9.17, 15) is 10.2 Å². The summed E-state index contributed by atoms with van der Waals surface area (Å²) >= 11 is 0. The second-order valence-electron chi connectivity index (χ2n) is 22.2. The van der Waals surface area contributed by atoms with Crippen molar-refractivity contribution in [2.24, 2.45) is 0 Å². The van der Waals surface area contributed by atoms with Gasteiger partial charge in [-0.25, -0.2) is 0 Å². The lowest BCUT2D eigenvalue weighted by Gasteiger charge is -2.37. The molecule has 0 radical (unpaired) electrons. The highest BCUT2D eigenvalue weighted by atomic mass is 28.4. The van der Waals surface area contributed by atoms with Crippen molar-refractivity contribution in [3.05, 3.63) is 0 Å². The quantitative estimate of drug-likeness (QED) is 0.0487. The van der Waals surface area contributed by atoms with E-state index in [1.54, 1.807) is 0 Å². The maximum absolute atomic E-state index is 10.9. The van der Waals surface area contributed by atoms with Gasteiger partial charge in [-0.05, 0) is 181 Å². The second-order valence-corrected chi connectivity index (χ2v) is 58.4. The predicted molar refractivity (Wildman–Crippen MR) is 258 cm³/mol. The highest BCUT2D eigenvalue weighted by Gasteiger charge is 2.39. The summed E-state index contributed by atoms with van der Waals surface area (Å²) < 4.78 is 52.9. The van der Waals surface area contributed by atoms with Gasteiger partial charge in [0.1, 0.15) is 24.4 Å². The molecule has 0 saturated carbocycles. The van der Waals surface area contributed by atoms with Crippen LogP contribution in [0.25, 0.3) is 0 Å². The molecule has 10 nitrogen and oxygen atoms in total. The molecule has 0 aliphatic carbocycles. The molecule has 0 unspecified atom stereocenters. The summed E-state index contributed by atoms with van der Waals surface area (Å²) in [6.45, 7) is 46.7. The highest BCUT2D eigenvalue weighted by molar-refractivity contribution is 6.86. The smallest absolute Gasteiger partial charge is 0.173 e. The minimum absolute atomic E-state index is 0.230. The Morgan fingerprint density at radius 1 is 0.321 bits per heavy atom. The Bertz CT molecular complexity index is 975. The summed E-state index contributed by atoms with van der Waals surface area (Å²) in [6.07, 6.45) is 0.732. The number of hydrogen-bond donors (Lipinski definition) is 2. The van der Waals surface area contributed by atoms with Gasteiger partial charge in [-0.1, -0.05) is 0 Å². The van der Waals surface area contributed by atoms with Crippen LogP contribution in [0.5, 0.6) is 0 Å². The standard InChI is InChI=1S/C38H94O10Si8/c1-49(2,3)45-53(13,14)29-21-25-41-35(33-39)37(43-27-23-31-55(17,18)47-51(7,8)9)38(44-28-24-32-56(19,20)48-52(10,11)12)36(34-40)42-26-22-30-54(15,16)46-50(4,5)6/h35-40H,21-34H2,1-20H3/t35-,36+,37-,38+. The van der Waals surface area contributed by atoms with Crippen LogP contribution in [0, 0.1) is 0 Å². The van der Waals surface area contributed by atoms with Crippen LogP contribution in [-0.4, -0.2) is 141 Å². The summed E-state index contributed by atoms with van der Waals surface area (Å²) in [5.74, 6) is 0. The molecule has 0 spiro atoms. The third-order valence-corrected chi connectivity index (χ3v) is 33.6. The van der Waals surface area contributed by atoms with Crippen molar-refractivity contribution < 1.29 is 45.6 Å². The fourth-order valence-electron chi connectivity index (χ4n) is 7.75. The van der Waals surface area contributed by atoms with Crippen molar-refractivity contribution in [2.75, 3.05) is 39.6 Å². The van der Waals surface area contributed by atoms with E-state index < -0.39 is 91.0 Å². The van der Waals surface area contributed by atoms with Crippen molar-refractivity contribution in [3.8, 4) is 0 Å². The van der Waals surface area contributed by atoms with Gasteiger partial charge in [0.05, 0.1) is 13.2 Å². The van der Waals surface area contributed by atoms with Gasteiger partial charge < -0.3 is 45.6 Å². The molecule has 0 heterocycles. The number of rotatable bonds is 33. The van der Waals surface area contributed by atoms with Gasteiger partial charge in [-0.2, -0.15) is 0 Å². The molecule has 0 saturated heterocycles. The summed E-state index contributed by atoms with van der Waals surface area (Å²) in [7, 11) is -14.1. The summed E-state index contributed by atoms with van der Waals surface area (Å²) in [4.78, 5) is 0. The zero-order chi connectivity index (χ0) is 43.9. The van der Waals surface area contributed by atoms with Gasteiger partial charge >= 0.3 is 0 Å². The Kier molecular flexibility index (Phi) is 25.4. The first kappa shape index (κ1) is 57.3. The van der Waals surface area contributed by atoms with E-state index in [1.165, 1.54) is 0 Å². The molecule has 0 aromatic carbocycles.